The molecule has 2 unspecified atom stereocenters. The van der Waals surface area contributed by atoms with E-state index in [4.69, 9.17) is 0 Å². The van der Waals surface area contributed by atoms with E-state index >= 15 is 0 Å². The van der Waals surface area contributed by atoms with Gasteiger partial charge in [0.2, 0.25) is 0 Å². The van der Waals surface area contributed by atoms with E-state index in [1.165, 1.54) is 12.0 Å². The van der Waals surface area contributed by atoms with E-state index in [9.17, 15) is 5.11 Å². The number of allylic oxidation sites excluding steroid dienone is 2. The minimum absolute atomic E-state index is 0.222. The second kappa shape index (κ2) is 6.58. The number of nitrogens with one attached hydrogen (secondary N) is 1. The van der Waals surface area contributed by atoms with Crippen LogP contribution >= 0.6 is 0 Å². The molecule has 0 bridgehead atoms. The monoisotopic (exact) mass is 231 g/mol. The fourth-order valence-electron chi connectivity index (χ4n) is 2.41. The number of hydrogen-bond donors (Lipinski definition) is 2. The molecule has 0 aromatic heterocycles. The van der Waals surface area contributed by atoms with Gasteiger partial charge in [0.25, 0.3) is 0 Å². The Morgan fingerprint density at radius 2 is 2.06 bits per heavy atom. The number of hydrogen-bond acceptors (Lipinski definition) is 2. The van der Waals surface area contributed by atoms with Gasteiger partial charge in [-0.15, -0.1) is 0 Å². The number of rotatable bonds is 5. The molecule has 1 aliphatic rings. The van der Waals surface area contributed by atoms with Gasteiger partial charge in [0.05, 0.1) is 6.61 Å². The molecule has 0 spiro atoms. The smallest absolute Gasteiger partial charge is 0.0587 e. The van der Waals surface area contributed by atoms with Crippen LogP contribution in [0.15, 0.2) is 42.5 Å². The Kier molecular flexibility index (Phi) is 4.77. The molecular weight excluding hydrogens is 210 g/mol. The summed E-state index contributed by atoms with van der Waals surface area (Å²) in [5, 5.41) is 12.9. The van der Waals surface area contributed by atoms with E-state index in [0.29, 0.717) is 5.92 Å². The lowest BCUT2D eigenvalue weighted by molar-refractivity contribution is 0.190. The van der Waals surface area contributed by atoms with Crippen LogP contribution in [0.4, 0.5) is 0 Å². The van der Waals surface area contributed by atoms with Gasteiger partial charge in [-0.2, -0.15) is 0 Å². The van der Waals surface area contributed by atoms with Crippen molar-refractivity contribution in [2.24, 2.45) is 5.92 Å². The first-order valence-electron chi connectivity index (χ1n) is 6.43. The highest BCUT2D eigenvalue weighted by molar-refractivity contribution is 5.14. The zero-order valence-corrected chi connectivity index (χ0v) is 10.2. The zero-order valence-electron chi connectivity index (χ0n) is 10.2. The van der Waals surface area contributed by atoms with Crippen LogP contribution in [0.5, 0.6) is 0 Å². The maximum absolute atomic E-state index is 9.47. The first-order chi connectivity index (χ1) is 8.40. The lowest BCUT2D eigenvalue weighted by atomic mass is 9.88. The van der Waals surface area contributed by atoms with Gasteiger partial charge in [0.15, 0.2) is 0 Å². The summed E-state index contributed by atoms with van der Waals surface area (Å²) < 4.78 is 0. The van der Waals surface area contributed by atoms with Crippen molar-refractivity contribution >= 4 is 0 Å². The Morgan fingerprint density at radius 3 is 2.71 bits per heavy atom. The molecule has 1 aliphatic carbocycles. The highest BCUT2D eigenvalue weighted by atomic mass is 16.3. The Bertz CT molecular complexity index is 347. The van der Waals surface area contributed by atoms with Crippen molar-refractivity contribution in [3.8, 4) is 0 Å². The first kappa shape index (κ1) is 12.3. The summed E-state index contributed by atoms with van der Waals surface area (Å²) in [6, 6.07) is 10.6. The fourth-order valence-corrected chi connectivity index (χ4v) is 2.41. The summed E-state index contributed by atoms with van der Waals surface area (Å²) in [5.74, 6) is 0.578. The van der Waals surface area contributed by atoms with Gasteiger partial charge in [-0.05, 0) is 30.7 Å². The van der Waals surface area contributed by atoms with Gasteiger partial charge >= 0.3 is 0 Å². The molecule has 0 saturated carbocycles. The Labute approximate surface area is 103 Å². The van der Waals surface area contributed by atoms with Crippen LogP contribution in [0, 0.1) is 5.92 Å². The summed E-state index contributed by atoms with van der Waals surface area (Å²) in [6.45, 7) is 1.07. The standard InChI is InChI=1S/C15H21NO/c17-12-15(14-9-5-2-6-10-14)16-11-13-7-3-1-4-8-13/h1-5,7-8,14-17H,6,9-12H2. The van der Waals surface area contributed by atoms with Crippen LogP contribution in [0.25, 0.3) is 0 Å². The molecule has 0 saturated heterocycles. The summed E-state index contributed by atoms with van der Waals surface area (Å²) in [7, 11) is 0. The third kappa shape index (κ3) is 3.69. The van der Waals surface area contributed by atoms with E-state index in [1.54, 1.807) is 0 Å². The molecule has 2 atom stereocenters. The molecule has 1 aromatic carbocycles. The van der Waals surface area contributed by atoms with E-state index < -0.39 is 0 Å². The lowest BCUT2D eigenvalue weighted by Gasteiger charge is -2.27. The van der Waals surface area contributed by atoms with Gasteiger partial charge in [0, 0.05) is 12.6 Å². The second-order valence-corrected chi connectivity index (χ2v) is 4.70. The van der Waals surface area contributed by atoms with Crippen molar-refractivity contribution < 1.29 is 5.11 Å². The van der Waals surface area contributed by atoms with Gasteiger partial charge in [-0.25, -0.2) is 0 Å². The predicted octanol–water partition coefficient (Wildman–Crippen LogP) is 2.49. The predicted molar refractivity (Wildman–Crippen MR) is 70.6 cm³/mol. The fraction of sp³-hybridized carbons (Fsp3) is 0.467. The lowest BCUT2D eigenvalue weighted by Crippen LogP contribution is -2.39. The van der Waals surface area contributed by atoms with Crippen LogP contribution in [0.2, 0.25) is 0 Å². The van der Waals surface area contributed by atoms with Gasteiger partial charge in [-0.3, -0.25) is 0 Å². The quantitative estimate of drug-likeness (QED) is 0.763. The molecule has 2 rings (SSSR count). The van der Waals surface area contributed by atoms with Crippen LogP contribution < -0.4 is 5.32 Å². The maximum Gasteiger partial charge on any atom is 0.0587 e. The molecule has 92 valence electrons. The molecule has 2 nitrogen and oxygen atoms in total. The van der Waals surface area contributed by atoms with Gasteiger partial charge in [-0.1, -0.05) is 42.5 Å². The first-order valence-corrected chi connectivity index (χ1v) is 6.43. The third-order valence-electron chi connectivity index (χ3n) is 3.49. The molecule has 17 heavy (non-hydrogen) atoms. The zero-order chi connectivity index (χ0) is 11.9. The Hall–Kier alpha value is -1.12. The van der Waals surface area contributed by atoms with E-state index in [-0.39, 0.29) is 12.6 Å². The summed E-state index contributed by atoms with van der Waals surface area (Å²) in [4.78, 5) is 0. The van der Waals surface area contributed by atoms with Crippen LogP contribution in [0.3, 0.4) is 0 Å². The largest absolute Gasteiger partial charge is 0.395 e. The maximum atomic E-state index is 9.47. The molecule has 0 amide bonds. The van der Waals surface area contributed by atoms with Crippen molar-refractivity contribution in [2.45, 2.75) is 31.8 Å². The van der Waals surface area contributed by atoms with Crippen LogP contribution in [0.1, 0.15) is 24.8 Å². The van der Waals surface area contributed by atoms with Crippen molar-refractivity contribution in [1.82, 2.24) is 5.32 Å². The molecule has 0 heterocycles. The topological polar surface area (TPSA) is 32.3 Å². The summed E-state index contributed by atoms with van der Waals surface area (Å²) in [5.41, 5.74) is 1.28. The van der Waals surface area contributed by atoms with Crippen LogP contribution in [-0.4, -0.2) is 17.8 Å². The number of benzene rings is 1. The highest BCUT2D eigenvalue weighted by Crippen LogP contribution is 2.21. The van der Waals surface area contributed by atoms with Gasteiger partial charge < -0.3 is 10.4 Å². The molecule has 0 fully saturated rings. The molecule has 2 heteroatoms. The number of aliphatic hydroxyl groups excluding tert-OH is 1. The molecule has 1 aromatic rings. The average molecular weight is 231 g/mol. The van der Waals surface area contributed by atoms with Crippen LogP contribution in [-0.2, 0) is 6.54 Å². The normalized spacial score (nSPS) is 21.4. The Morgan fingerprint density at radius 1 is 1.24 bits per heavy atom. The van der Waals surface area contributed by atoms with Crippen molar-refractivity contribution in [1.29, 1.82) is 0 Å². The summed E-state index contributed by atoms with van der Waals surface area (Å²) in [6.07, 6.45) is 7.90. The van der Waals surface area contributed by atoms with E-state index in [0.717, 1.165) is 19.4 Å². The minimum atomic E-state index is 0.222. The van der Waals surface area contributed by atoms with Crippen molar-refractivity contribution in [2.75, 3.05) is 6.61 Å². The summed E-state index contributed by atoms with van der Waals surface area (Å²) >= 11 is 0. The van der Waals surface area contributed by atoms with E-state index in [2.05, 4.69) is 29.6 Å². The van der Waals surface area contributed by atoms with Crippen molar-refractivity contribution in [3.05, 3.63) is 48.0 Å². The second-order valence-electron chi connectivity index (χ2n) is 4.70. The van der Waals surface area contributed by atoms with E-state index in [1.807, 2.05) is 18.2 Å². The SMILES string of the molecule is OCC(NCc1ccccc1)C1CC=CCC1. The average Bonchev–Trinajstić information content (AvgIpc) is 2.42. The number of aliphatic hydroxyl groups is 1. The van der Waals surface area contributed by atoms with Gasteiger partial charge in [0.1, 0.15) is 0 Å². The molecule has 0 aliphatic heterocycles. The van der Waals surface area contributed by atoms with Crippen molar-refractivity contribution in [3.63, 3.8) is 0 Å². The highest BCUT2D eigenvalue weighted by Gasteiger charge is 2.20. The third-order valence-corrected chi connectivity index (χ3v) is 3.49. The molecule has 2 N–H and O–H groups in total. The molecule has 0 radical (unpaired) electrons. The minimum Gasteiger partial charge on any atom is -0.395 e. The Balaban J connectivity index is 1.85. The molecular formula is C15H21NO.